The van der Waals surface area contributed by atoms with Crippen molar-refractivity contribution >= 4 is 28.9 Å². The van der Waals surface area contributed by atoms with Crippen LogP contribution in [0.1, 0.15) is 12.5 Å². The monoisotopic (exact) mass is 248 g/mol. The second-order valence-electron chi connectivity index (χ2n) is 3.34. The molecule has 88 valence electrons. The summed E-state index contributed by atoms with van der Waals surface area (Å²) in [6.07, 6.45) is 1.75. The summed E-state index contributed by atoms with van der Waals surface area (Å²) < 4.78 is 5.48. The van der Waals surface area contributed by atoms with E-state index in [0.29, 0.717) is 11.5 Å². The zero-order valence-electron chi connectivity index (χ0n) is 9.34. The number of thioether (sulfide) groups is 1. The number of nitrogens with zero attached hydrogens (tertiary/aromatic N) is 1. The van der Waals surface area contributed by atoms with Crippen LogP contribution in [0.2, 0.25) is 0 Å². The standard InChI is InChI=1S/C12H12N2O2S/c1-2-16-9-6-4-3-5-8(9)7-10-11(15)14-12(13)17-10/h3-7H,2H2,1H3,(H2,13,14,15)/b10-7-. The number of aliphatic imine (C=N–C) groups is 1. The normalized spacial score (nSPS) is 17.4. The number of hydrogen-bond donors (Lipinski definition) is 1. The average Bonchev–Trinajstić information content (AvgIpc) is 2.61. The smallest absolute Gasteiger partial charge is 0.286 e. The van der Waals surface area contributed by atoms with Crippen molar-refractivity contribution in [3.05, 3.63) is 34.7 Å². The van der Waals surface area contributed by atoms with Gasteiger partial charge in [-0.1, -0.05) is 18.2 Å². The van der Waals surface area contributed by atoms with E-state index in [1.54, 1.807) is 6.08 Å². The molecule has 1 aromatic carbocycles. The number of amides is 1. The van der Waals surface area contributed by atoms with E-state index in [-0.39, 0.29) is 11.1 Å². The van der Waals surface area contributed by atoms with Gasteiger partial charge in [-0.05, 0) is 30.8 Å². The second kappa shape index (κ2) is 5.05. The van der Waals surface area contributed by atoms with Crippen LogP contribution in [0.3, 0.4) is 0 Å². The molecule has 0 bridgehead atoms. The van der Waals surface area contributed by atoms with E-state index < -0.39 is 0 Å². The lowest BCUT2D eigenvalue weighted by atomic mass is 10.2. The molecular formula is C12H12N2O2S. The average molecular weight is 248 g/mol. The van der Waals surface area contributed by atoms with Crippen LogP contribution >= 0.6 is 11.8 Å². The van der Waals surface area contributed by atoms with Crippen LogP contribution in [0.15, 0.2) is 34.2 Å². The summed E-state index contributed by atoms with van der Waals surface area (Å²) in [6.45, 7) is 2.50. The Morgan fingerprint density at radius 1 is 1.47 bits per heavy atom. The number of carbonyl (C=O) groups is 1. The van der Waals surface area contributed by atoms with Crippen LogP contribution in [0.25, 0.3) is 6.08 Å². The topological polar surface area (TPSA) is 64.7 Å². The van der Waals surface area contributed by atoms with E-state index in [1.165, 1.54) is 11.8 Å². The van der Waals surface area contributed by atoms with E-state index in [2.05, 4.69) is 4.99 Å². The van der Waals surface area contributed by atoms with E-state index in [9.17, 15) is 4.79 Å². The van der Waals surface area contributed by atoms with Gasteiger partial charge in [-0.2, -0.15) is 4.99 Å². The first kappa shape index (κ1) is 11.7. The molecule has 1 aliphatic rings. The molecule has 4 nitrogen and oxygen atoms in total. The minimum atomic E-state index is -0.293. The molecule has 0 aliphatic carbocycles. The molecule has 0 fully saturated rings. The Bertz CT molecular complexity index is 509. The summed E-state index contributed by atoms with van der Waals surface area (Å²) in [4.78, 5) is 15.6. The lowest BCUT2D eigenvalue weighted by Crippen LogP contribution is -2.01. The zero-order chi connectivity index (χ0) is 12.3. The van der Waals surface area contributed by atoms with Crippen molar-refractivity contribution in [3.8, 4) is 5.75 Å². The Labute approximate surface area is 104 Å². The minimum absolute atomic E-state index is 0.287. The van der Waals surface area contributed by atoms with Crippen molar-refractivity contribution < 1.29 is 9.53 Å². The molecule has 0 aromatic heterocycles. The molecule has 1 heterocycles. The Kier molecular flexibility index (Phi) is 3.49. The molecule has 2 N–H and O–H groups in total. The summed E-state index contributed by atoms with van der Waals surface area (Å²) in [7, 11) is 0. The number of amidine groups is 1. The van der Waals surface area contributed by atoms with Crippen molar-refractivity contribution in [1.29, 1.82) is 0 Å². The van der Waals surface area contributed by atoms with Crippen LogP contribution in [-0.4, -0.2) is 17.7 Å². The number of hydrogen-bond acceptors (Lipinski definition) is 4. The van der Waals surface area contributed by atoms with E-state index >= 15 is 0 Å². The molecule has 0 spiro atoms. The third-order valence-electron chi connectivity index (χ3n) is 2.14. The minimum Gasteiger partial charge on any atom is -0.493 e. The Hall–Kier alpha value is -1.75. The summed E-state index contributed by atoms with van der Waals surface area (Å²) in [5.74, 6) is 0.458. The highest BCUT2D eigenvalue weighted by Gasteiger charge is 2.19. The van der Waals surface area contributed by atoms with Gasteiger partial charge in [-0.25, -0.2) is 0 Å². The van der Waals surface area contributed by atoms with E-state index in [4.69, 9.17) is 10.5 Å². The predicted octanol–water partition coefficient (Wildman–Crippen LogP) is 2.01. The van der Waals surface area contributed by atoms with Crippen molar-refractivity contribution in [2.24, 2.45) is 10.7 Å². The number of nitrogens with two attached hydrogens (primary N) is 1. The molecule has 2 rings (SSSR count). The molecular weight excluding hydrogens is 236 g/mol. The van der Waals surface area contributed by atoms with Crippen LogP contribution in [0.5, 0.6) is 5.75 Å². The Morgan fingerprint density at radius 3 is 2.88 bits per heavy atom. The molecule has 1 aliphatic heterocycles. The van der Waals surface area contributed by atoms with Gasteiger partial charge in [-0.3, -0.25) is 4.79 Å². The molecule has 1 aromatic rings. The van der Waals surface area contributed by atoms with Gasteiger partial charge in [0.2, 0.25) is 0 Å². The van der Waals surface area contributed by atoms with E-state index in [0.717, 1.165) is 11.3 Å². The van der Waals surface area contributed by atoms with Crippen molar-refractivity contribution in [1.82, 2.24) is 0 Å². The van der Waals surface area contributed by atoms with Crippen LogP contribution in [0, 0.1) is 0 Å². The first-order valence-corrected chi connectivity index (χ1v) is 6.02. The molecule has 0 saturated heterocycles. The highest BCUT2D eigenvalue weighted by Crippen LogP contribution is 2.29. The van der Waals surface area contributed by atoms with Gasteiger partial charge in [0.05, 0.1) is 11.5 Å². The summed E-state index contributed by atoms with van der Waals surface area (Å²) in [5, 5.41) is 0.287. The van der Waals surface area contributed by atoms with Gasteiger partial charge in [0.1, 0.15) is 5.75 Å². The first-order valence-electron chi connectivity index (χ1n) is 5.20. The fraction of sp³-hybridized carbons (Fsp3) is 0.167. The van der Waals surface area contributed by atoms with Gasteiger partial charge in [0, 0.05) is 5.56 Å². The molecule has 0 saturated carbocycles. The first-order chi connectivity index (χ1) is 8.20. The second-order valence-corrected chi connectivity index (χ2v) is 4.40. The predicted molar refractivity (Wildman–Crippen MR) is 69.8 cm³/mol. The number of carbonyl (C=O) groups excluding carboxylic acids is 1. The molecule has 0 radical (unpaired) electrons. The summed E-state index contributed by atoms with van der Waals surface area (Å²) >= 11 is 1.18. The van der Waals surface area contributed by atoms with Crippen molar-refractivity contribution in [3.63, 3.8) is 0 Å². The Balaban J connectivity index is 2.30. The SMILES string of the molecule is CCOc1ccccc1/C=C1\SC(N)=NC1=O. The number of benzene rings is 1. The van der Waals surface area contributed by atoms with Crippen LogP contribution in [-0.2, 0) is 4.79 Å². The highest BCUT2D eigenvalue weighted by atomic mass is 32.2. The van der Waals surface area contributed by atoms with Crippen molar-refractivity contribution in [2.75, 3.05) is 6.61 Å². The van der Waals surface area contributed by atoms with Crippen LogP contribution in [0.4, 0.5) is 0 Å². The lowest BCUT2D eigenvalue weighted by Gasteiger charge is -2.06. The van der Waals surface area contributed by atoms with Crippen LogP contribution < -0.4 is 10.5 Å². The number of para-hydroxylation sites is 1. The quantitative estimate of drug-likeness (QED) is 0.831. The molecule has 5 heteroatoms. The third-order valence-corrected chi connectivity index (χ3v) is 2.96. The molecule has 1 amide bonds. The fourth-order valence-electron chi connectivity index (χ4n) is 1.45. The summed E-state index contributed by atoms with van der Waals surface area (Å²) in [6, 6.07) is 7.54. The van der Waals surface area contributed by atoms with Gasteiger partial charge in [0.25, 0.3) is 5.91 Å². The van der Waals surface area contributed by atoms with Gasteiger partial charge in [0.15, 0.2) is 5.17 Å². The number of rotatable bonds is 3. The molecule has 0 unspecified atom stereocenters. The summed E-state index contributed by atoms with van der Waals surface area (Å²) in [5.41, 5.74) is 6.34. The fourth-order valence-corrected chi connectivity index (χ4v) is 2.13. The lowest BCUT2D eigenvalue weighted by molar-refractivity contribution is -0.113. The third kappa shape index (κ3) is 2.68. The maximum atomic E-state index is 11.5. The van der Waals surface area contributed by atoms with Crippen molar-refractivity contribution in [2.45, 2.75) is 6.92 Å². The maximum Gasteiger partial charge on any atom is 0.286 e. The molecule has 17 heavy (non-hydrogen) atoms. The number of ether oxygens (including phenoxy) is 1. The van der Waals surface area contributed by atoms with Gasteiger partial charge >= 0.3 is 0 Å². The molecule has 0 atom stereocenters. The maximum absolute atomic E-state index is 11.5. The highest BCUT2D eigenvalue weighted by molar-refractivity contribution is 8.18. The zero-order valence-corrected chi connectivity index (χ0v) is 10.2. The largest absolute Gasteiger partial charge is 0.493 e. The van der Waals surface area contributed by atoms with Gasteiger partial charge < -0.3 is 10.5 Å². The Morgan fingerprint density at radius 2 is 2.24 bits per heavy atom. The van der Waals surface area contributed by atoms with Gasteiger partial charge in [-0.15, -0.1) is 0 Å². The van der Waals surface area contributed by atoms with E-state index in [1.807, 2.05) is 31.2 Å².